The zero-order valence-corrected chi connectivity index (χ0v) is 13.5. The lowest BCUT2D eigenvalue weighted by Crippen LogP contribution is -2.48. The number of carbonyl (C=O) groups is 1. The molecule has 2 atom stereocenters. The van der Waals surface area contributed by atoms with Gasteiger partial charge >= 0.3 is 5.97 Å². The second-order valence-corrected chi connectivity index (χ2v) is 7.18. The molecule has 0 spiro atoms. The molecule has 8 heteroatoms. The van der Waals surface area contributed by atoms with Gasteiger partial charge in [0.25, 0.3) is 0 Å². The van der Waals surface area contributed by atoms with Gasteiger partial charge in [0.1, 0.15) is 11.3 Å². The largest absolute Gasteiger partial charge is 0.496 e. The van der Waals surface area contributed by atoms with Crippen LogP contribution in [0.15, 0.2) is 23.1 Å². The first-order valence-electron chi connectivity index (χ1n) is 6.82. The number of hydrogen-bond donors (Lipinski definition) is 1. The summed E-state index contributed by atoms with van der Waals surface area (Å²) >= 11 is 0. The highest BCUT2D eigenvalue weighted by Gasteiger charge is 2.32. The number of carboxylic acids is 1. The van der Waals surface area contributed by atoms with Crippen LogP contribution < -0.4 is 4.74 Å². The molecule has 0 aromatic heterocycles. The molecule has 1 aliphatic heterocycles. The number of morpholine rings is 1. The van der Waals surface area contributed by atoms with Gasteiger partial charge in [-0.25, -0.2) is 13.2 Å². The zero-order chi connectivity index (χ0) is 16.5. The van der Waals surface area contributed by atoms with Gasteiger partial charge in [0.2, 0.25) is 10.0 Å². The van der Waals surface area contributed by atoms with Crippen molar-refractivity contribution in [3.8, 4) is 5.75 Å². The van der Waals surface area contributed by atoms with E-state index in [1.54, 1.807) is 13.8 Å². The number of carboxylic acid groups (broad SMARTS) is 1. The van der Waals surface area contributed by atoms with E-state index < -0.39 is 16.0 Å². The molecule has 1 N–H and O–H groups in total. The van der Waals surface area contributed by atoms with Gasteiger partial charge in [0, 0.05) is 13.1 Å². The van der Waals surface area contributed by atoms with Gasteiger partial charge in [0.15, 0.2) is 0 Å². The second kappa shape index (κ2) is 6.23. The van der Waals surface area contributed by atoms with Crippen LogP contribution in [0.25, 0.3) is 0 Å². The third-order valence-electron chi connectivity index (χ3n) is 3.43. The van der Waals surface area contributed by atoms with Crippen molar-refractivity contribution in [2.75, 3.05) is 20.2 Å². The Balaban J connectivity index is 2.41. The summed E-state index contributed by atoms with van der Waals surface area (Å²) in [4.78, 5) is 11.2. The van der Waals surface area contributed by atoms with Crippen LogP contribution in [-0.4, -0.2) is 56.2 Å². The molecule has 1 fully saturated rings. The van der Waals surface area contributed by atoms with Gasteiger partial charge in [-0.2, -0.15) is 4.31 Å². The van der Waals surface area contributed by atoms with E-state index >= 15 is 0 Å². The lowest BCUT2D eigenvalue weighted by molar-refractivity contribution is -0.0440. The van der Waals surface area contributed by atoms with Gasteiger partial charge in [-0.05, 0) is 32.0 Å². The molecule has 1 aromatic carbocycles. The Morgan fingerprint density at radius 2 is 1.91 bits per heavy atom. The molecule has 0 bridgehead atoms. The van der Waals surface area contributed by atoms with E-state index in [0.717, 1.165) is 6.07 Å². The van der Waals surface area contributed by atoms with Crippen LogP contribution >= 0.6 is 0 Å². The lowest BCUT2D eigenvalue weighted by Gasteiger charge is -2.34. The van der Waals surface area contributed by atoms with Crippen molar-refractivity contribution >= 4 is 16.0 Å². The minimum atomic E-state index is -3.77. The van der Waals surface area contributed by atoms with Gasteiger partial charge < -0.3 is 14.6 Å². The summed E-state index contributed by atoms with van der Waals surface area (Å²) in [5.74, 6) is -1.12. The minimum absolute atomic E-state index is 0.0630. The lowest BCUT2D eigenvalue weighted by atomic mass is 10.2. The van der Waals surface area contributed by atoms with E-state index in [1.807, 2.05) is 0 Å². The molecule has 1 aromatic rings. The fourth-order valence-corrected chi connectivity index (χ4v) is 4.11. The van der Waals surface area contributed by atoms with Crippen molar-refractivity contribution < 1.29 is 27.8 Å². The van der Waals surface area contributed by atoms with Crippen molar-refractivity contribution in [3.05, 3.63) is 23.8 Å². The fraction of sp³-hybridized carbons (Fsp3) is 0.500. The van der Waals surface area contributed by atoms with Crippen LogP contribution in [0.1, 0.15) is 24.2 Å². The summed E-state index contributed by atoms with van der Waals surface area (Å²) in [5.41, 5.74) is -0.182. The Bertz CT molecular complexity index is 662. The van der Waals surface area contributed by atoms with Crippen LogP contribution in [0.5, 0.6) is 5.75 Å². The third-order valence-corrected chi connectivity index (χ3v) is 5.25. The molecule has 0 saturated carbocycles. The van der Waals surface area contributed by atoms with E-state index in [1.165, 1.54) is 23.5 Å². The normalized spacial score (nSPS) is 23.2. The summed E-state index contributed by atoms with van der Waals surface area (Å²) in [6.07, 6.45) is -0.425. The number of hydrogen-bond acceptors (Lipinski definition) is 5. The second-order valence-electron chi connectivity index (χ2n) is 5.25. The number of methoxy groups -OCH3 is 1. The maximum Gasteiger partial charge on any atom is 0.339 e. The first-order valence-corrected chi connectivity index (χ1v) is 8.26. The van der Waals surface area contributed by atoms with Crippen LogP contribution in [-0.2, 0) is 14.8 Å². The molecule has 0 amide bonds. The Kier molecular flexibility index (Phi) is 4.74. The highest BCUT2D eigenvalue weighted by atomic mass is 32.2. The molecule has 2 rings (SSSR count). The van der Waals surface area contributed by atoms with Gasteiger partial charge in [-0.3, -0.25) is 0 Å². The Morgan fingerprint density at radius 3 is 2.41 bits per heavy atom. The van der Waals surface area contributed by atoms with Crippen molar-refractivity contribution in [1.29, 1.82) is 0 Å². The highest BCUT2D eigenvalue weighted by molar-refractivity contribution is 7.89. The first-order chi connectivity index (χ1) is 10.3. The standard InChI is InChI=1S/C14H19NO6S/c1-9-7-15(8-10(2)21-9)22(18,19)11-4-5-13(20-3)12(6-11)14(16)17/h4-6,9-10H,7-8H2,1-3H3,(H,16,17). The van der Waals surface area contributed by atoms with E-state index in [-0.39, 0.29) is 41.5 Å². The molecular formula is C14H19NO6S. The average molecular weight is 329 g/mol. The van der Waals surface area contributed by atoms with Crippen molar-refractivity contribution in [3.63, 3.8) is 0 Å². The first kappa shape index (κ1) is 16.7. The number of aromatic carboxylic acids is 1. The monoisotopic (exact) mass is 329 g/mol. The van der Waals surface area contributed by atoms with E-state index in [0.29, 0.717) is 0 Å². The number of sulfonamides is 1. The third kappa shape index (κ3) is 3.23. The molecule has 2 unspecified atom stereocenters. The molecule has 1 heterocycles. The molecule has 0 aliphatic carbocycles. The van der Waals surface area contributed by atoms with Gasteiger partial charge in [-0.1, -0.05) is 0 Å². The number of benzene rings is 1. The Morgan fingerprint density at radius 1 is 1.32 bits per heavy atom. The summed E-state index contributed by atoms with van der Waals surface area (Å²) in [7, 11) is -2.44. The topological polar surface area (TPSA) is 93.1 Å². The number of rotatable bonds is 4. The zero-order valence-electron chi connectivity index (χ0n) is 12.6. The van der Waals surface area contributed by atoms with Crippen LogP contribution in [0.2, 0.25) is 0 Å². The maximum atomic E-state index is 12.7. The summed E-state index contributed by atoms with van der Waals surface area (Å²) < 4.78 is 37.2. The van der Waals surface area contributed by atoms with E-state index in [4.69, 9.17) is 9.47 Å². The molecule has 22 heavy (non-hydrogen) atoms. The van der Waals surface area contributed by atoms with Crippen molar-refractivity contribution in [1.82, 2.24) is 4.31 Å². The number of nitrogens with zero attached hydrogens (tertiary/aromatic N) is 1. The fourth-order valence-electron chi connectivity index (χ4n) is 2.49. The highest BCUT2D eigenvalue weighted by Crippen LogP contribution is 2.26. The van der Waals surface area contributed by atoms with Crippen LogP contribution in [0.4, 0.5) is 0 Å². The Hall–Kier alpha value is -1.64. The molecule has 122 valence electrons. The van der Waals surface area contributed by atoms with Crippen molar-refractivity contribution in [2.45, 2.75) is 31.0 Å². The molecular weight excluding hydrogens is 310 g/mol. The van der Waals surface area contributed by atoms with Crippen LogP contribution in [0, 0.1) is 0 Å². The van der Waals surface area contributed by atoms with E-state index in [9.17, 15) is 18.3 Å². The molecule has 1 aliphatic rings. The predicted molar refractivity (Wildman–Crippen MR) is 78.7 cm³/mol. The predicted octanol–water partition coefficient (Wildman–Crippen LogP) is 1.19. The summed E-state index contributed by atoms with van der Waals surface area (Å²) in [6, 6.07) is 3.83. The molecule has 1 saturated heterocycles. The molecule has 0 radical (unpaired) electrons. The van der Waals surface area contributed by atoms with Gasteiger partial charge in [-0.15, -0.1) is 0 Å². The van der Waals surface area contributed by atoms with Crippen LogP contribution in [0.3, 0.4) is 0 Å². The maximum absolute atomic E-state index is 12.7. The quantitative estimate of drug-likeness (QED) is 0.892. The summed E-state index contributed by atoms with van der Waals surface area (Å²) in [5, 5.41) is 9.17. The SMILES string of the molecule is COc1ccc(S(=O)(=O)N2CC(C)OC(C)C2)cc1C(=O)O. The minimum Gasteiger partial charge on any atom is -0.496 e. The number of ether oxygens (including phenoxy) is 2. The molecule has 7 nitrogen and oxygen atoms in total. The summed E-state index contributed by atoms with van der Waals surface area (Å²) in [6.45, 7) is 4.08. The average Bonchev–Trinajstić information content (AvgIpc) is 2.45. The van der Waals surface area contributed by atoms with Crippen molar-refractivity contribution in [2.24, 2.45) is 0 Å². The smallest absolute Gasteiger partial charge is 0.339 e. The van der Waals surface area contributed by atoms with E-state index in [2.05, 4.69) is 0 Å². The van der Waals surface area contributed by atoms with Gasteiger partial charge in [0.05, 0.1) is 24.2 Å². The Labute approximate surface area is 129 Å².